The van der Waals surface area contributed by atoms with E-state index in [2.05, 4.69) is 10.6 Å². The van der Waals surface area contributed by atoms with Crippen LogP contribution in [0.3, 0.4) is 0 Å². The van der Waals surface area contributed by atoms with Gasteiger partial charge in [-0.3, -0.25) is 9.59 Å². The fourth-order valence-corrected chi connectivity index (χ4v) is 2.35. The van der Waals surface area contributed by atoms with Crippen LogP contribution in [-0.4, -0.2) is 11.8 Å². The minimum absolute atomic E-state index is 0.0504. The predicted molar refractivity (Wildman–Crippen MR) is 87.7 cm³/mol. The van der Waals surface area contributed by atoms with Crippen LogP contribution >= 0.6 is 0 Å². The molecular formula is C18H17F3N2O2. The third-order valence-corrected chi connectivity index (χ3v) is 3.44. The molecule has 0 unspecified atom stereocenters. The van der Waals surface area contributed by atoms with E-state index < -0.39 is 23.7 Å². The maximum Gasteiger partial charge on any atom is 0.416 e. The van der Waals surface area contributed by atoms with Crippen LogP contribution in [0.25, 0.3) is 0 Å². The Bertz CT molecular complexity index is 745. The number of amides is 2. The number of halogens is 3. The van der Waals surface area contributed by atoms with E-state index in [0.717, 1.165) is 17.7 Å². The van der Waals surface area contributed by atoms with Crippen LogP contribution in [0.2, 0.25) is 0 Å². The molecule has 0 radical (unpaired) electrons. The fraction of sp³-hybridized carbons (Fsp3) is 0.222. The first kappa shape index (κ1) is 18.5. The number of hydrogen-bond donors (Lipinski definition) is 2. The van der Waals surface area contributed by atoms with E-state index in [1.807, 2.05) is 0 Å². The molecule has 0 aliphatic carbocycles. The molecular weight excluding hydrogens is 333 g/mol. The minimum Gasteiger partial charge on any atom is -0.349 e. The van der Waals surface area contributed by atoms with E-state index in [1.165, 1.54) is 19.1 Å². The van der Waals surface area contributed by atoms with E-state index in [9.17, 15) is 22.8 Å². The molecule has 7 heteroatoms. The summed E-state index contributed by atoms with van der Waals surface area (Å²) in [5.41, 5.74) is -0.0573. The lowest BCUT2D eigenvalue weighted by atomic mass is 10.0. The molecule has 0 bridgehead atoms. The van der Waals surface area contributed by atoms with Gasteiger partial charge in [0, 0.05) is 12.6 Å². The Morgan fingerprint density at radius 1 is 1.04 bits per heavy atom. The Labute approximate surface area is 143 Å². The van der Waals surface area contributed by atoms with E-state index >= 15 is 0 Å². The summed E-state index contributed by atoms with van der Waals surface area (Å²) in [6, 6.07) is 12.7. The van der Waals surface area contributed by atoms with E-state index in [-0.39, 0.29) is 18.0 Å². The zero-order chi connectivity index (χ0) is 18.4. The number of carbonyl (C=O) groups excluding carboxylic acids is 2. The number of carbonyl (C=O) groups is 2. The third-order valence-electron chi connectivity index (χ3n) is 3.44. The van der Waals surface area contributed by atoms with Gasteiger partial charge < -0.3 is 10.6 Å². The maximum atomic E-state index is 12.7. The molecule has 0 aromatic heterocycles. The molecule has 0 fully saturated rings. The van der Waals surface area contributed by atoms with Crippen LogP contribution in [0.15, 0.2) is 54.6 Å². The average molecular weight is 350 g/mol. The zero-order valence-corrected chi connectivity index (χ0v) is 13.4. The Morgan fingerprint density at radius 3 is 2.32 bits per heavy atom. The summed E-state index contributed by atoms with van der Waals surface area (Å²) in [6.07, 6.45) is -4.58. The summed E-state index contributed by atoms with van der Waals surface area (Å²) >= 11 is 0. The van der Waals surface area contributed by atoms with Gasteiger partial charge in [-0.15, -0.1) is 0 Å². The lowest BCUT2D eigenvalue weighted by Crippen LogP contribution is -2.29. The highest BCUT2D eigenvalue weighted by atomic mass is 19.4. The number of nitrogens with one attached hydrogen (secondary N) is 2. The second-order valence-electron chi connectivity index (χ2n) is 5.49. The van der Waals surface area contributed by atoms with Gasteiger partial charge in [0.25, 0.3) is 0 Å². The Morgan fingerprint density at radius 2 is 1.72 bits per heavy atom. The molecule has 2 amide bonds. The van der Waals surface area contributed by atoms with Gasteiger partial charge in [-0.2, -0.15) is 13.2 Å². The first-order valence-electron chi connectivity index (χ1n) is 7.55. The Kier molecular flexibility index (Phi) is 5.80. The van der Waals surface area contributed by atoms with Crippen molar-refractivity contribution >= 4 is 17.5 Å². The van der Waals surface area contributed by atoms with Crippen molar-refractivity contribution in [1.82, 2.24) is 5.32 Å². The predicted octanol–water partition coefficient (Wildman–Crippen LogP) is 3.91. The normalized spacial score (nSPS) is 12.3. The molecule has 0 aliphatic rings. The smallest absolute Gasteiger partial charge is 0.349 e. The van der Waals surface area contributed by atoms with Crippen molar-refractivity contribution in [3.8, 4) is 0 Å². The molecule has 0 spiro atoms. The first-order chi connectivity index (χ1) is 11.8. The van der Waals surface area contributed by atoms with E-state index in [4.69, 9.17) is 0 Å². The molecule has 0 saturated heterocycles. The fourth-order valence-electron chi connectivity index (χ4n) is 2.35. The van der Waals surface area contributed by atoms with Crippen molar-refractivity contribution in [3.63, 3.8) is 0 Å². The van der Waals surface area contributed by atoms with Crippen molar-refractivity contribution in [1.29, 1.82) is 0 Å². The average Bonchev–Trinajstić information content (AvgIpc) is 2.54. The van der Waals surface area contributed by atoms with Crippen molar-refractivity contribution in [2.45, 2.75) is 25.6 Å². The summed E-state index contributed by atoms with van der Waals surface area (Å²) in [5.74, 6) is -0.803. The van der Waals surface area contributed by atoms with Crippen LogP contribution in [0.1, 0.15) is 30.5 Å². The summed E-state index contributed by atoms with van der Waals surface area (Å²) < 4.78 is 38.2. The summed E-state index contributed by atoms with van der Waals surface area (Å²) in [5, 5.41) is 5.11. The minimum atomic E-state index is -4.48. The van der Waals surface area contributed by atoms with Gasteiger partial charge in [-0.05, 0) is 23.8 Å². The molecule has 2 aromatic rings. The van der Waals surface area contributed by atoms with Gasteiger partial charge >= 0.3 is 6.18 Å². The maximum absolute atomic E-state index is 12.7. The van der Waals surface area contributed by atoms with Gasteiger partial charge in [0.15, 0.2) is 0 Å². The lowest BCUT2D eigenvalue weighted by molar-refractivity contribution is -0.137. The van der Waals surface area contributed by atoms with Crippen LogP contribution < -0.4 is 10.6 Å². The van der Waals surface area contributed by atoms with Crippen molar-refractivity contribution < 1.29 is 22.8 Å². The molecule has 2 N–H and O–H groups in total. The Balaban J connectivity index is 2.10. The summed E-state index contributed by atoms with van der Waals surface area (Å²) in [7, 11) is 0. The second kappa shape index (κ2) is 7.83. The standard InChI is InChI=1S/C18H17F3N2O2/c1-12(24)22-16(13-6-3-2-4-7-13)11-17(25)23-15-9-5-8-14(10-15)18(19,20)21/h2-10,16H,11H2,1H3,(H,22,24)(H,23,25)/t16-/m0/s1. The molecule has 0 aliphatic heterocycles. The third kappa shape index (κ3) is 5.63. The topological polar surface area (TPSA) is 58.2 Å². The van der Waals surface area contributed by atoms with Gasteiger partial charge in [-0.1, -0.05) is 36.4 Å². The highest BCUT2D eigenvalue weighted by Gasteiger charge is 2.30. The van der Waals surface area contributed by atoms with Crippen molar-refractivity contribution in [2.24, 2.45) is 0 Å². The molecule has 2 aromatic carbocycles. The van der Waals surface area contributed by atoms with Crippen LogP contribution in [0.4, 0.5) is 18.9 Å². The Hall–Kier alpha value is -2.83. The number of alkyl halides is 3. The van der Waals surface area contributed by atoms with Crippen molar-refractivity contribution in [3.05, 3.63) is 65.7 Å². The number of anilines is 1. The molecule has 4 nitrogen and oxygen atoms in total. The summed E-state index contributed by atoms with van der Waals surface area (Å²) in [6.45, 7) is 1.33. The van der Waals surface area contributed by atoms with E-state index in [1.54, 1.807) is 30.3 Å². The van der Waals surface area contributed by atoms with Gasteiger partial charge in [-0.25, -0.2) is 0 Å². The largest absolute Gasteiger partial charge is 0.416 e. The zero-order valence-electron chi connectivity index (χ0n) is 13.4. The molecule has 2 rings (SSSR count). The molecule has 1 atom stereocenters. The molecule has 25 heavy (non-hydrogen) atoms. The first-order valence-corrected chi connectivity index (χ1v) is 7.55. The highest BCUT2D eigenvalue weighted by molar-refractivity contribution is 5.91. The molecule has 0 saturated carbocycles. The summed E-state index contributed by atoms with van der Waals surface area (Å²) in [4.78, 5) is 23.5. The van der Waals surface area contributed by atoms with Gasteiger partial charge in [0.2, 0.25) is 11.8 Å². The highest BCUT2D eigenvalue weighted by Crippen LogP contribution is 2.30. The van der Waals surface area contributed by atoms with Crippen LogP contribution in [-0.2, 0) is 15.8 Å². The van der Waals surface area contributed by atoms with E-state index in [0.29, 0.717) is 0 Å². The monoisotopic (exact) mass is 350 g/mol. The van der Waals surface area contributed by atoms with Crippen molar-refractivity contribution in [2.75, 3.05) is 5.32 Å². The van der Waals surface area contributed by atoms with Crippen LogP contribution in [0, 0.1) is 0 Å². The number of hydrogen-bond acceptors (Lipinski definition) is 2. The molecule has 0 heterocycles. The number of benzene rings is 2. The van der Waals surface area contributed by atoms with Gasteiger partial charge in [0.05, 0.1) is 18.0 Å². The number of rotatable bonds is 5. The second-order valence-corrected chi connectivity index (χ2v) is 5.49. The van der Waals surface area contributed by atoms with Gasteiger partial charge in [0.1, 0.15) is 0 Å². The lowest BCUT2D eigenvalue weighted by Gasteiger charge is -2.18. The van der Waals surface area contributed by atoms with Crippen LogP contribution in [0.5, 0.6) is 0 Å². The molecule has 132 valence electrons. The SMILES string of the molecule is CC(=O)N[C@@H](CC(=O)Nc1cccc(C(F)(F)F)c1)c1ccccc1. The quantitative estimate of drug-likeness (QED) is 0.859.